The molecular weight excluding hydrogens is 803 g/mol. The fourth-order valence-corrected chi connectivity index (χ4v) is 7.95. The Balaban J connectivity index is 1.51. The standard InChI is InChI=1S/C61H57N5/c1-58(2)32-34-60(5,6)46-36-38(28-30-44(46)58)55-62-56(39-29-31-45-47(37-39)61(7,8)35-33-59(45,3)4)64-57(63-55)54-52(65-48-22-13-9-18-40(48)41-19-10-14-23-49(41)65)26-17-27-53(54)66-50-24-15-11-20-42(50)43-21-12-16-25-51(43)66/h9-31,36-37H,32-35H2,1-8H3/i1D3,2D3,3D3,4D3,5D3,6D3,7D3,8D3,9D,10D,11D,12D,13D,14D,15D,16D,18D,19D,20D,21D,22D,23D,24D,25D,28D,29D,30D,31D,32D2,33D2,34D2,35D2,36D,37D. The summed E-state index contributed by atoms with van der Waals surface area (Å²) < 4.78 is 502. The van der Waals surface area contributed by atoms with E-state index >= 15 is 0 Å². The van der Waals surface area contributed by atoms with E-state index in [1.54, 1.807) is 0 Å². The van der Waals surface area contributed by atoms with Crippen LogP contribution in [0.5, 0.6) is 0 Å². The topological polar surface area (TPSA) is 48.5 Å². The second-order valence-electron chi connectivity index (χ2n) is 15.0. The number of nitrogens with zero attached hydrogens (tertiary/aromatic N) is 5. The van der Waals surface area contributed by atoms with Crippen LogP contribution < -0.4 is 0 Å². The Morgan fingerprint density at radius 3 is 1.12 bits per heavy atom. The van der Waals surface area contributed by atoms with E-state index in [9.17, 15) is 30.2 Å². The summed E-state index contributed by atoms with van der Waals surface area (Å²) in [5, 5.41) is -3.26. The van der Waals surface area contributed by atoms with Crippen LogP contribution in [0.15, 0.2) is 151 Å². The molecule has 0 N–H and O–H groups in total. The maximum Gasteiger partial charge on any atom is 0.168 e. The fourth-order valence-electron chi connectivity index (χ4n) is 7.95. The first kappa shape index (κ1) is 13.0. The first-order valence-electron chi connectivity index (χ1n) is 46.2. The third kappa shape index (κ3) is 6.15. The van der Waals surface area contributed by atoms with Crippen LogP contribution in [-0.4, -0.2) is 24.1 Å². The van der Waals surface area contributed by atoms with Crippen molar-refractivity contribution in [1.82, 2.24) is 24.1 Å². The third-order valence-corrected chi connectivity index (χ3v) is 10.9. The highest BCUT2D eigenvalue weighted by Crippen LogP contribution is 2.49. The Labute approximate surface area is 464 Å². The van der Waals surface area contributed by atoms with Crippen molar-refractivity contribution in [3.05, 3.63) is 173 Å². The Hall–Kier alpha value is -6.85. The number of benzene rings is 7. The molecule has 0 saturated heterocycles. The van der Waals surface area contributed by atoms with E-state index in [4.69, 9.17) is 43.9 Å². The maximum atomic E-state index is 10.4. The minimum absolute atomic E-state index is 0.584. The molecule has 3 aromatic heterocycles. The molecule has 0 saturated carbocycles. The molecule has 0 bridgehead atoms. The molecule has 12 rings (SSSR count). The van der Waals surface area contributed by atoms with Crippen LogP contribution in [-0.2, 0) is 21.7 Å². The van der Waals surface area contributed by atoms with E-state index in [2.05, 4.69) is 15.0 Å². The Kier molecular flexibility index (Phi) is 2.82. The van der Waals surface area contributed by atoms with Gasteiger partial charge in [0.25, 0.3) is 0 Å². The molecule has 0 radical (unpaired) electrons. The molecule has 2 aliphatic rings. The van der Waals surface area contributed by atoms with Crippen LogP contribution in [0.3, 0.4) is 0 Å². The Morgan fingerprint density at radius 2 is 0.758 bits per heavy atom. The summed E-state index contributed by atoms with van der Waals surface area (Å²) in [5.74, 6) is -5.41. The van der Waals surface area contributed by atoms with Crippen molar-refractivity contribution in [3.63, 3.8) is 0 Å². The predicted octanol–water partition coefficient (Wildman–Crippen LogP) is 15.8. The maximum absolute atomic E-state index is 10.4. The zero-order chi connectivity index (χ0) is 91.6. The van der Waals surface area contributed by atoms with Gasteiger partial charge < -0.3 is 9.13 Å². The van der Waals surface area contributed by atoms with Crippen molar-refractivity contribution in [2.24, 2.45) is 0 Å². The van der Waals surface area contributed by atoms with E-state index in [0.29, 0.717) is 9.13 Å². The van der Waals surface area contributed by atoms with Gasteiger partial charge >= 0.3 is 0 Å². The summed E-state index contributed by atoms with van der Waals surface area (Å²) in [6.45, 7) is -38.4. The van der Waals surface area contributed by atoms with Gasteiger partial charge in [-0.3, -0.25) is 0 Å². The molecule has 0 fully saturated rings. The van der Waals surface area contributed by atoms with Gasteiger partial charge in [-0.05, 0) is 118 Å². The summed E-state index contributed by atoms with van der Waals surface area (Å²) in [6.07, 6.45) is -20.3. The third-order valence-electron chi connectivity index (χ3n) is 10.9. The molecule has 2 aliphatic carbocycles. The summed E-state index contributed by atoms with van der Waals surface area (Å²) in [6, 6.07) is -28.7. The highest BCUT2D eigenvalue weighted by molar-refractivity contribution is 6.11. The van der Waals surface area contributed by atoms with Crippen LogP contribution >= 0.6 is 0 Å². The average molecular weight is 914 g/mol. The molecule has 0 amide bonds. The molecule has 0 atom stereocenters. The molecule has 0 spiro atoms. The number of hydrogen-bond acceptors (Lipinski definition) is 3. The van der Waals surface area contributed by atoms with Crippen molar-refractivity contribution in [3.8, 4) is 45.5 Å². The quantitative estimate of drug-likeness (QED) is 0.173. The summed E-state index contributed by atoms with van der Waals surface area (Å²) in [5.41, 5.74) is -39.6. The van der Waals surface area contributed by atoms with Gasteiger partial charge in [0.1, 0.15) is 0 Å². The van der Waals surface area contributed by atoms with Gasteiger partial charge in [-0.2, -0.15) is 0 Å². The molecule has 5 heteroatoms. The molecular formula is C61H57N5. The van der Waals surface area contributed by atoms with Crippen LogP contribution in [0, 0.1) is 0 Å². The van der Waals surface area contributed by atoms with Gasteiger partial charge in [0.15, 0.2) is 17.5 Å². The highest BCUT2D eigenvalue weighted by atomic mass is 15.1. The van der Waals surface area contributed by atoms with Crippen molar-refractivity contribution >= 4 is 43.6 Å². The average Bonchev–Trinajstić information content (AvgIpc) is 0.757. The van der Waals surface area contributed by atoms with Crippen LogP contribution in [0.2, 0.25) is 0 Å². The Bertz CT molecular complexity index is 5630. The summed E-state index contributed by atoms with van der Waals surface area (Å²) >= 11 is 0. The Morgan fingerprint density at radius 1 is 0.424 bits per heavy atom. The van der Waals surface area contributed by atoms with E-state index < -0.39 is 346 Å². The highest BCUT2D eigenvalue weighted by Gasteiger charge is 2.39. The molecule has 326 valence electrons. The van der Waals surface area contributed by atoms with Gasteiger partial charge in [0, 0.05) is 76.5 Å². The van der Waals surface area contributed by atoms with Gasteiger partial charge in [-0.1, -0.05) is 158 Å². The van der Waals surface area contributed by atoms with Crippen molar-refractivity contribution in [2.45, 2.75) is 102 Å². The molecule has 0 aliphatic heterocycles. The van der Waals surface area contributed by atoms with Crippen LogP contribution in [0.1, 0.15) is 177 Å². The van der Waals surface area contributed by atoms with E-state index in [-0.39, 0.29) is 0 Å². The second-order valence-corrected chi connectivity index (χ2v) is 15.0. The van der Waals surface area contributed by atoms with E-state index in [0.717, 1.165) is 18.2 Å². The molecule has 66 heavy (non-hydrogen) atoms. The number of rotatable bonds is 5. The van der Waals surface area contributed by atoms with Gasteiger partial charge in [0.05, 0.1) is 69.2 Å². The first-order valence-corrected chi connectivity index (χ1v) is 19.2. The zero-order valence-corrected chi connectivity index (χ0v) is 33.0. The molecule has 10 aromatic rings. The normalized spacial score (nSPS) is 33.5. The van der Waals surface area contributed by atoms with E-state index in [1.807, 2.05) is 0 Å². The van der Waals surface area contributed by atoms with Crippen molar-refractivity contribution in [1.29, 1.82) is 0 Å². The first-order chi connectivity index (χ1) is 54.0. The van der Waals surface area contributed by atoms with Crippen LogP contribution in [0.4, 0.5) is 0 Å². The van der Waals surface area contributed by atoms with Crippen LogP contribution in [0.25, 0.3) is 89.2 Å². The zero-order valence-electron chi connectivity index (χ0n) is 87.0. The molecule has 0 unspecified atom stereocenters. The van der Waals surface area contributed by atoms with Gasteiger partial charge in [-0.15, -0.1) is 0 Å². The molecule has 7 aromatic carbocycles. The molecule has 5 nitrogen and oxygen atoms in total. The van der Waals surface area contributed by atoms with E-state index in [1.165, 1.54) is 0 Å². The largest absolute Gasteiger partial charge is 0.308 e. The summed E-state index contributed by atoms with van der Waals surface area (Å²) in [7, 11) is 0. The van der Waals surface area contributed by atoms with Crippen molar-refractivity contribution in [2.75, 3.05) is 0 Å². The minimum atomic E-state index is -5.12. The summed E-state index contributed by atoms with van der Waals surface area (Å²) in [4.78, 5) is 13.2. The number of aromatic nitrogens is 5. The lowest BCUT2D eigenvalue weighted by Gasteiger charge is -2.42. The lowest BCUT2D eigenvalue weighted by atomic mass is 9.63. The number of para-hydroxylation sites is 4. The smallest absolute Gasteiger partial charge is 0.168 e. The van der Waals surface area contributed by atoms with Gasteiger partial charge in [0.2, 0.25) is 0 Å². The monoisotopic (exact) mass is 914 g/mol. The fraction of sp³-hybridized carbons (Fsp3) is 0.262. The van der Waals surface area contributed by atoms with Crippen molar-refractivity contribution < 1.29 is 74.0 Å². The predicted molar refractivity (Wildman–Crippen MR) is 275 cm³/mol. The molecule has 3 heterocycles. The lowest BCUT2D eigenvalue weighted by molar-refractivity contribution is 0.332. The minimum Gasteiger partial charge on any atom is -0.308 e. The SMILES string of the molecule is [2H]c1c([2H])c2c(c([2H])c1-c1nc(-c3c(-n4c5c([2H])c([2H])c([2H])c([2H])c5c5c([2H])c([2H])c([2H])c([2H])c54)cccc3-n3c4c([2H])c([2H])c([2H])c([2H])c4c4c([2H])c([2H])c([2H])c([2H])c43)nc(-c3c([2H])c([2H])c4c(c3[2H])C(C([2H])([2H])[2H])(C([2H])([2H])[2H])C([2H])([2H])C([2H])([2H])C4(C([2H])([2H])[2H])C([2H])([2H])[2H])n1)C(C([2H])([2H])[2H])(C([2H])([2H])[2H])C([2H])([2H])C([2H])([2H])C2(C([2H])([2H])[2H])C([2H])([2H])[2H]. The number of fused-ring (bicyclic) bond motifs is 8. The van der Waals surface area contributed by atoms with Gasteiger partial charge in [-0.25, -0.2) is 15.0 Å². The second kappa shape index (κ2) is 14.3. The number of hydrogen-bond donors (Lipinski definition) is 0. The lowest BCUT2D eigenvalue weighted by Crippen LogP contribution is -2.33.